The van der Waals surface area contributed by atoms with Crippen molar-refractivity contribution in [3.8, 4) is 5.75 Å². The number of fused-ring (bicyclic) bond motifs is 6. The number of carbonyl (C=O) groups excluding carboxylic acids is 3. The number of aromatic nitrogens is 1. The normalized spacial score (nSPS) is 32.8. The maximum atomic E-state index is 15.7. The Morgan fingerprint density at radius 1 is 0.958 bits per heavy atom. The first kappa shape index (κ1) is 48.8. The summed E-state index contributed by atoms with van der Waals surface area (Å²) in [6, 6.07) is 15.6. The van der Waals surface area contributed by atoms with E-state index in [1.54, 1.807) is 0 Å². The summed E-state index contributed by atoms with van der Waals surface area (Å²) in [6.07, 6.45) is 4.72. The monoisotopic (exact) mass is 994 g/mol. The molecule has 0 amide bonds. The van der Waals surface area contributed by atoms with Crippen molar-refractivity contribution in [3.63, 3.8) is 0 Å². The van der Waals surface area contributed by atoms with Gasteiger partial charge in [-0.3, -0.25) is 24.6 Å². The average Bonchev–Trinajstić information content (AvgIpc) is 4.02. The van der Waals surface area contributed by atoms with Crippen molar-refractivity contribution in [2.75, 3.05) is 66.0 Å². The summed E-state index contributed by atoms with van der Waals surface area (Å²) in [5, 5.41) is 26.5. The average molecular weight is 995 g/mol. The van der Waals surface area contributed by atoms with Gasteiger partial charge in [0.25, 0.3) is 5.69 Å². The van der Waals surface area contributed by atoms with E-state index in [0.717, 1.165) is 22.0 Å². The Balaban J connectivity index is 1.22. The van der Waals surface area contributed by atoms with Gasteiger partial charge in [0.15, 0.2) is 11.0 Å². The molecule has 3 fully saturated rings. The lowest BCUT2D eigenvalue weighted by Crippen LogP contribution is -2.81. The third-order valence-electron chi connectivity index (χ3n) is 17.3. The molecule has 1 aromatic heterocycles. The Bertz CT molecular complexity index is 3020. The molecule has 3 N–H and O–H groups in total. The van der Waals surface area contributed by atoms with E-state index in [9.17, 15) is 33.2 Å². The summed E-state index contributed by atoms with van der Waals surface area (Å²) < 4.78 is 55.9. The van der Waals surface area contributed by atoms with E-state index in [4.69, 9.17) is 18.9 Å². The van der Waals surface area contributed by atoms with Gasteiger partial charge in [-0.15, -0.1) is 0 Å². The van der Waals surface area contributed by atoms with Crippen LogP contribution in [0.4, 0.5) is 11.4 Å². The molecule has 1 aliphatic carbocycles. The number of para-hydroxylation sites is 2. The van der Waals surface area contributed by atoms with Crippen LogP contribution in [0.2, 0.25) is 0 Å². The predicted molar refractivity (Wildman–Crippen MR) is 262 cm³/mol. The summed E-state index contributed by atoms with van der Waals surface area (Å²) in [5.41, 5.74) is -3.57. The molecular formula is C52H62N6O12S. The number of piperidine rings is 1. The molecule has 71 heavy (non-hydrogen) atoms. The van der Waals surface area contributed by atoms with Crippen LogP contribution in [0.15, 0.2) is 77.7 Å². The van der Waals surface area contributed by atoms with Gasteiger partial charge in [-0.25, -0.2) is 17.9 Å². The number of nitro benzene ring substituents is 1. The molecular weight excluding hydrogens is 933 g/mol. The Morgan fingerprint density at radius 2 is 1.69 bits per heavy atom. The van der Waals surface area contributed by atoms with Crippen LogP contribution in [-0.4, -0.2) is 142 Å². The molecule has 3 aromatic carbocycles. The molecule has 2 saturated heterocycles. The number of aromatic amines is 1. The lowest BCUT2D eigenvalue weighted by molar-refractivity contribution is -0.387. The molecule has 5 aliphatic heterocycles. The summed E-state index contributed by atoms with van der Waals surface area (Å²) in [6.45, 7) is 7.60. The summed E-state index contributed by atoms with van der Waals surface area (Å²) in [7, 11) is 1.47. The Morgan fingerprint density at radius 3 is 2.38 bits per heavy atom. The van der Waals surface area contributed by atoms with E-state index in [2.05, 4.69) is 19.5 Å². The van der Waals surface area contributed by atoms with Crippen molar-refractivity contribution >= 4 is 50.2 Å². The third kappa shape index (κ3) is 6.78. The van der Waals surface area contributed by atoms with Crippen molar-refractivity contribution in [2.24, 2.45) is 11.3 Å². The molecule has 18 nitrogen and oxygen atoms in total. The zero-order valence-corrected chi connectivity index (χ0v) is 42.0. The maximum Gasteiger partial charge on any atom is 0.344 e. The van der Waals surface area contributed by atoms with Gasteiger partial charge < -0.3 is 38.8 Å². The fraction of sp³-hybridized carbons (Fsp3) is 0.519. The van der Waals surface area contributed by atoms with Crippen molar-refractivity contribution < 1.29 is 51.8 Å². The van der Waals surface area contributed by atoms with Crippen LogP contribution in [-0.2, 0) is 55.9 Å². The van der Waals surface area contributed by atoms with Gasteiger partial charge in [-0.2, -0.15) is 0 Å². The van der Waals surface area contributed by atoms with Crippen LogP contribution in [0.1, 0.15) is 75.3 Å². The number of nitrogens with one attached hydrogen (secondary N) is 2. The molecule has 10 rings (SSSR count). The largest absolute Gasteiger partial charge is 0.496 e. The van der Waals surface area contributed by atoms with E-state index in [-0.39, 0.29) is 18.8 Å². The Kier molecular flexibility index (Phi) is 11.8. The van der Waals surface area contributed by atoms with Gasteiger partial charge >= 0.3 is 17.9 Å². The molecule has 2 bridgehead atoms. The lowest BCUT2D eigenvalue weighted by Gasteiger charge is -2.63. The number of methoxy groups -OCH3 is 3. The van der Waals surface area contributed by atoms with Gasteiger partial charge in [0.05, 0.1) is 32.3 Å². The lowest BCUT2D eigenvalue weighted by atomic mass is 9.47. The fourth-order valence-electron chi connectivity index (χ4n) is 14.9. The number of benzene rings is 3. The van der Waals surface area contributed by atoms with Crippen molar-refractivity contribution in [2.45, 2.75) is 104 Å². The second-order valence-corrected chi connectivity index (χ2v) is 22.2. The van der Waals surface area contributed by atoms with E-state index < -0.39 is 89.0 Å². The van der Waals surface area contributed by atoms with E-state index in [1.807, 2.05) is 74.3 Å². The zero-order valence-electron chi connectivity index (χ0n) is 41.2. The number of likely N-dealkylation sites (N-methyl/N-ethyl adjacent to an activating group) is 1. The second-order valence-electron chi connectivity index (χ2n) is 20.6. The number of sulfonamides is 1. The van der Waals surface area contributed by atoms with Gasteiger partial charge in [0.1, 0.15) is 11.2 Å². The van der Waals surface area contributed by atoms with Crippen LogP contribution in [0, 0.1) is 21.4 Å². The quantitative estimate of drug-likeness (QED) is 0.0599. The number of nitro groups is 1. The highest BCUT2D eigenvalue weighted by atomic mass is 32.2. The van der Waals surface area contributed by atoms with Gasteiger partial charge in [0, 0.05) is 103 Å². The van der Waals surface area contributed by atoms with Crippen molar-refractivity contribution in [1.29, 1.82) is 0 Å². The standard InChI is InChI=1S/C52H62N6O12S/c1-8-48(54-71(65,66)41-18-13-12-17-38(41)58(63)64)27-32-28-51(46(60)68-6,42-34(19-23-56(29-32)30-48)33-15-10-11-16-37(33)53-42)36-25-35-39(26-40(36)67-5)55(4)44-50(35)21-24-57-22-14-20-49(9-2,43(50)57)45(70-31(3)59)52(44,62)47(61)69-7/h10-18,20,25-26,32,43-45,53-54,62H,8-9,19,21-24,27-30H2,1-7H3/t32-,43+,44-,45-,48+,49-,50-,51+,52+/m1/s1. The minimum atomic E-state index is -4.46. The van der Waals surface area contributed by atoms with Crippen LogP contribution >= 0.6 is 0 Å². The molecule has 6 heterocycles. The summed E-state index contributed by atoms with van der Waals surface area (Å²) in [5.74, 6) is -2.22. The van der Waals surface area contributed by atoms with Crippen LogP contribution in [0.25, 0.3) is 10.9 Å². The van der Waals surface area contributed by atoms with E-state index in [0.29, 0.717) is 81.1 Å². The highest BCUT2D eigenvalue weighted by Gasteiger charge is 2.80. The molecule has 1 spiro atoms. The Hall–Kier alpha value is -5.86. The minimum absolute atomic E-state index is 0.115. The number of rotatable bonds is 11. The smallest absolute Gasteiger partial charge is 0.344 e. The van der Waals surface area contributed by atoms with Gasteiger partial charge in [0.2, 0.25) is 15.6 Å². The van der Waals surface area contributed by atoms with Crippen LogP contribution in [0.5, 0.6) is 5.75 Å². The molecule has 378 valence electrons. The maximum absolute atomic E-state index is 15.7. The number of nitrogens with zero attached hydrogens (tertiary/aromatic N) is 4. The molecule has 1 unspecified atom stereocenters. The zero-order chi connectivity index (χ0) is 50.6. The number of H-pyrrole nitrogens is 1. The number of hydrogen-bond acceptors (Lipinski definition) is 15. The first-order valence-electron chi connectivity index (χ1n) is 24.4. The third-order valence-corrected chi connectivity index (χ3v) is 19.0. The number of esters is 3. The van der Waals surface area contributed by atoms with Gasteiger partial charge in [-0.1, -0.05) is 56.3 Å². The Labute approximate surface area is 412 Å². The van der Waals surface area contributed by atoms with Crippen LogP contribution in [0.3, 0.4) is 0 Å². The highest BCUT2D eigenvalue weighted by Crippen LogP contribution is 2.68. The molecule has 0 radical (unpaired) electrons. The number of hydrogen-bond donors (Lipinski definition) is 3. The molecule has 4 aromatic rings. The number of ether oxygens (including phenoxy) is 4. The van der Waals surface area contributed by atoms with Crippen LogP contribution < -0.4 is 14.4 Å². The molecule has 1 saturated carbocycles. The first-order chi connectivity index (χ1) is 33.9. The minimum Gasteiger partial charge on any atom is -0.496 e. The number of aliphatic hydroxyl groups is 1. The van der Waals surface area contributed by atoms with Crippen molar-refractivity contribution in [1.82, 2.24) is 19.5 Å². The topological polar surface area (TPSA) is 223 Å². The molecule has 10 atom stereocenters. The van der Waals surface area contributed by atoms with E-state index in [1.165, 1.54) is 52.5 Å². The van der Waals surface area contributed by atoms with Crippen molar-refractivity contribution in [3.05, 3.63) is 105 Å². The summed E-state index contributed by atoms with van der Waals surface area (Å²) in [4.78, 5) is 64.6. The highest BCUT2D eigenvalue weighted by molar-refractivity contribution is 7.89. The summed E-state index contributed by atoms with van der Waals surface area (Å²) >= 11 is 0. The number of carbonyl (C=O) groups is 3. The SMILES string of the molecule is CC[C@]1(NS(=O)(=O)c2ccccc2[N+](=O)[O-])C[C@H]2CN(CCc3c([nH]c4ccccc34)[C@@](C(=O)OC)(c3cc4c(cc3OC)N(C)[C@H]3[C@@](O)(C(=O)OC)[C@H](OC(C)=O)[C@]5(CC)C=CCN6CC[C@]43[C@@H]65)C2)C1. The first-order valence-corrected chi connectivity index (χ1v) is 25.9. The second kappa shape index (κ2) is 17.1. The number of anilines is 1. The molecule has 6 aliphatic rings. The predicted octanol–water partition coefficient (Wildman–Crippen LogP) is 4.89. The van der Waals surface area contributed by atoms with Gasteiger partial charge in [-0.05, 0) is 80.3 Å². The fourth-order valence-corrected chi connectivity index (χ4v) is 16.5. The van der Waals surface area contributed by atoms with E-state index >= 15 is 4.79 Å². The molecule has 19 heteroatoms.